The van der Waals surface area contributed by atoms with Crippen LogP contribution in [-0.4, -0.2) is 21.6 Å². The number of imidazole rings is 1. The van der Waals surface area contributed by atoms with Crippen LogP contribution < -0.4 is 5.73 Å². The summed E-state index contributed by atoms with van der Waals surface area (Å²) in [6.45, 7) is 0.802. The molecule has 1 aromatic carbocycles. The molecule has 0 saturated carbocycles. The molecule has 0 aliphatic heterocycles. The molecule has 1 heterocycles. The summed E-state index contributed by atoms with van der Waals surface area (Å²) < 4.78 is 16.1. The van der Waals surface area contributed by atoms with Gasteiger partial charge in [-0.2, -0.15) is 11.8 Å². The zero-order valence-electron chi connectivity index (χ0n) is 10.8. The molecule has 0 atom stereocenters. The first kappa shape index (κ1) is 14.9. The van der Waals surface area contributed by atoms with Gasteiger partial charge in [0.25, 0.3) is 0 Å². The van der Waals surface area contributed by atoms with Crippen molar-refractivity contribution < 1.29 is 4.39 Å². The SMILES string of the molecule is CSCCCCCn1c(N)nc2cc(I)c(F)cc21. The topological polar surface area (TPSA) is 43.8 Å². The Balaban J connectivity index is 2.13. The first-order valence-electron chi connectivity index (χ1n) is 6.23. The summed E-state index contributed by atoms with van der Waals surface area (Å²) in [5, 5.41) is 0. The van der Waals surface area contributed by atoms with E-state index in [1.807, 2.05) is 38.9 Å². The molecule has 1 aromatic heterocycles. The molecule has 0 radical (unpaired) electrons. The van der Waals surface area contributed by atoms with Crippen LogP contribution in [0.5, 0.6) is 0 Å². The monoisotopic (exact) mass is 393 g/mol. The van der Waals surface area contributed by atoms with Crippen LogP contribution in [0.15, 0.2) is 12.1 Å². The zero-order chi connectivity index (χ0) is 13.8. The Bertz CT molecular complexity index is 571. The van der Waals surface area contributed by atoms with E-state index >= 15 is 0 Å². The molecule has 0 aliphatic rings. The standard InChI is InChI=1S/C13H17FIN3S/c1-19-6-4-2-3-5-18-12-7-9(14)10(15)8-11(12)17-13(18)16/h7-8H,2-6H2,1H3,(H2,16,17). The van der Waals surface area contributed by atoms with Gasteiger partial charge in [-0.25, -0.2) is 9.37 Å². The maximum Gasteiger partial charge on any atom is 0.201 e. The third-order valence-corrected chi connectivity index (χ3v) is 4.57. The number of nitrogens with zero attached hydrogens (tertiary/aromatic N) is 2. The Morgan fingerprint density at radius 1 is 1.37 bits per heavy atom. The minimum Gasteiger partial charge on any atom is -0.369 e. The highest BCUT2D eigenvalue weighted by Crippen LogP contribution is 2.23. The van der Waals surface area contributed by atoms with Gasteiger partial charge in [0.05, 0.1) is 14.6 Å². The summed E-state index contributed by atoms with van der Waals surface area (Å²) in [6.07, 6.45) is 5.53. The molecule has 0 saturated heterocycles. The number of fused-ring (bicyclic) bond motifs is 1. The van der Waals surface area contributed by atoms with E-state index in [0.29, 0.717) is 9.52 Å². The number of aromatic nitrogens is 2. The molecule has 104 valence electrons. The average molecular weight is 393 g/mol. The quantitative estimate of drug-likeness (QED) is 0.598. The van der Waals surface area contributed by atoms with Gasteiger partial charge in [0.15, 0.2) is 0 Å². The summed E-state index contributed by atoms with van der Waals surface area (Å²) in [5.41, 5.74) is 7.48. The van der Waals surface area contributed by atoms with Crippen LogP contribution in [0.2, 0.25) is 0 Å². The van der Waals surface area contributed by atoms with Crippen molar-refractivity contribution >= 4 is 51.3 Å². The average Bonchev–Trinajstić information content (AvgIpc) is 2.66. The maximum absolute atomic E-state index is 13.6. The lowest BCUT2D eigenvalue weighted by atomic mass is 10.2. The Morgan fingerprint density at radius 3 is 2.89 bits per heavy atom. The van der Waals surface area contributed by atoms with E-state index in [9.17, 15) is 4.39 Å². The van der Waals surface area contributed by atoms with Crippen molar-refractivity contribution in [2.75, 3.05) is 17.7 Å². The lowest BCUT2D eigenvalue weighted by Gasteiger charge is -2.06. The first-order valence-corrected chi connectivity index (χ1v) is 8.70. The van der Waals surface area contributed by atoms with Crippen molar-refractivity contribution in [2.24, 2.45) is 0 Å². The van der Waals surface area contributed by atoms with E-state index in [-0.39, 0.29) is 5.82 Å². The van der Waals surface area contributed by atoms with Gasteiger partial charge < -0.3 is 10.3 Å². The van der Waals surface area contributed by atoms with Gasteiger partial charge in [0.1, 0.15) is 5.82 Å². The summed E-state index contributed by atoms with van der Waals surface area (Å²) in [4.78, 5) is 4.30. The number of anilines is 1. The fourth-order valence-electron chi connectivity index (χ4n) is 2.07. The maximum atomic E-state index is 13.6. The summed E-state index contributed by atoms with van der Waals surface area (Å²) >= 11 is 3.83. The Morgan fingerprint density at radius 2 is 2.16 bits per heavy atom. The number of hydrogen-bond acceptors (Lipinski definition) is 3. The van der Waals surface area contributed by atoms with E-state index in [1.165, 1.54) is 18.2 Å². The zero-order valence-corrected chi connectivity index (χ0v) is 13.8. The summed E-state index contributed by atoms with van der Waals surface area (Å²) in [7, 11) is 0. The minimum atomic E-state index is -0.211. The van der Waals surface area contributed by atoms with E-state index in [2.05, 4.69) is 11.2 Å². The van der Waals surface area contributed by atoms with Gasteiger partial charge in [0, 0.05) is 12.6 Å². The molecule has 6 heteroatoms. The lowest BCUT2D eigenvalue weighted by Crippen LogP contribution is -2.03. The van der Waals surface area contributed by atoms with Crippen LogP contribution in [0, 0.1) is 9.39 Å². The van der Waals surface area contributed by atoms with Gasteiger partial charge >= 0.3 is 0 Å². The summed E-state index contributed by atoms with van der Waals surface area (Å²) in [6, 6.07) is 3.27. The highest BCUT2D eigenvalue weighted by atomic mass is 127. The number of aryl methyl sites for hydroxylation is 1. The minimum absolute atomic E-state index is 0.211. The second kappa shape index (κ2) is 6.78. The number of benzene rings is 1. The van der Waals surface area contributed by atoms with Crippen molar-refractivity contribution in [2.45, 2.75) is 25.8 Å². The molecule has 2 aromatic rings. The highest BCUT2D eigenvalue weighted by Gasteiger charge is 2.11. The molecule has 2 rings (SSSR count). The van der Waals surface area contributed by atoms with Crippen molar-refractivity contribution in [1.82, 2.24) is 9.55 Å². The second-order valence-corrected chi connectivity index (χ2v) is 6.58. The first-order chi connectivity index (χ1) is 9.13. The van der Waals surface area contributed by atoms with Gasteiger partial charge in [0.2, 0.25) is 5.95 Å². The van der Waals surface area contributed by atoms with Crippen LogP contribution in [0.1, 0.15) is 19.3 Å². The number of hydrogen-bond donors (Lipinski definition) is 1. The van der Waals surface area contributed by atoms with E-state index < -0.39 is 0 Å². The molecular weight excluding hydrogens is 376 g/mol. The molecule has 0 aliphatic carbocycles. The van der Waals surface area contributed by atoms with Crippen LogP contribution >= 0.6 is 34.4 Å². The van der Waals surface area contributed by atoms with Crippen molar-refractivity contribution in [3.63, 3.8) is 0 Å². The van der Waals surface area contributed by atoms with Crippen LogP contribution in [0.3, 0.4) is 0 Å². The van der Waals surface area contributed by atoms with Crippen LogP contribution in [-0.2, 0) is 6.54 Å². The van der Waals surface area contributed by atoms with Crippen LogP contribution in [0.4, 0.5) is 10.3 Å². The molecule has 3 nitrogen and oxygen atoms in total. The normalized spacial score (nSPS) is 11.3. The van der Waals surface area contributed by atoms with Gasteiger partial charge in [-0.05, 0) is 53.5 Å². The number of rotatable bonds is 6. The predicted octanol–water partition coefficient (Wildman–Crippen LogP) is 3.90. The molecule has 0 amide bonds. The number of nitrogens with two attached hydrogens (primary N) is 1. The second-order valence-electron chi connectivity index (χ2n) is 4.43. The van der Waals surface area contributed by atoms with E-state index in [4.69, 9.17) is 5.73 Å². The smallest absolute Gasteiger partial charge is 0.201 e. The molecule has 2 N–H and O–H groups in total. The molecule has 0 spiro atoms. The molecule has 0 unspecified atom stereocenters. The number of unbranched alkanes of at least 4 members (excludes halogenated alkanes) is 2. The Kier molecular flexibility index (Phi) is 5.32. The fourth-order valence-corrected chi connectivity index (χ4v) is 3.01. The lowest BCUT2D eigenvalue weighted by molar-refractivity contribution is 0.610. The number of thioether (sulfide) groups is 1. The molecular formula is C13H17FIN3S. The van der Waals surface area contributed by atoms with Crippen molar-refractivity contribution in [3.8, 4) is 0 Å². The Labute approximate surface area is 130 Å². The largest absolute Gasteiger partial charge is 0.369 e. The molecule has 0 fully saturated rings. The molecule has 19 heavy (non-hydrogen) atoms. The third kappa shape index (κ3) is 3.53. The molecule has 0 bridgehead atoms. The fraction of sp³-hybridized carbons (Fsp3) is 0.462. The van der Waals surface area contributed by atoms with Gasteiger partial charge in [-0.3, -0.25) is 0 Å². The highest BCUT2D eigenvalue weighted by molar-refractivity contribution is 14.1. The van der Waals surface area contributed by atoms with Crippen molar-refractivity contribution in [3.05, 3.63) is 21.5 Å². The predicted molar refractivity (Wildman–Crippen MR) is 89.1 cm³/mol. The number of halogens is 2. The van der Waals surface area contributed by atoms with Gasteiger partial charge in [-0.1, -0.05) is 6.42 Å². The van der Waals surface area contributed by atoms with Crippen LogP contribution in [0.25, 0.3) is 11.0 Å². The van der Waals surface area contributed by atoms with Gasteiger partial charge in [-0.15, -0.1) is 0 Å². The van der Waals surface area contributed by atoms with E-state index in [1.54, 1.807) is 6.07 Å². The number of nitrogen functional groups attached to an aromatic ring is 1. The Hall–Kier alpha value is -0.500. The third-order valence-electron chi connectivity index (χ3n) is 3.05. The summed E-state index contributed by atoms with van der Waals surface area (Å²) in [5.74, 6) is 1.45. The van der Waals surface area contributed by atoms with Crippen molar-refractivity contribution in [1.29, 1.82) is 0 Å². The van der Waals surface area contributed by atoms with E-state index in [0.717, 1.165) is 30.4 Å².